The molecule has 5 nitrogen and oxygen atoms in total. The van der Waals surface area contributed by atoms with E-state index < -0.39 is 0 Å². The summed E-state index contributed by atoms with van der Waals surface area (Å²) in [7, 11) is 0. The van der Waals surface area contributed by atoms with Gasteiger partial charge in [0.2, 0.25) is 5.82 Å². The van der Waals surface area contributed by atoms with Crippen LogP contribution in [0.4, 0.5) is 0 Å². The Balaban J connectivity index is 2.48. The number of benzene rings is 1. The average molecular weight is 174 g/mol. The molecular weight excluding hydrogens is 168 g/mol. The molecule has 0 bridgehead atoms. The van der Waals surface area contributed by atoms with Gasteiger partial charge < -0.3 is 5.21 Å². The summed E-state index contributed by atoms with van der Waals surface area (Å²) in [6.07, 6.45) is 1.01. The summed E-state index contributed by atoms with van der Waals surface area (Å²) in [5.74, 6) is 0.332. The monoisotopic (exact) mass is 174 g/mol. The van der Waals surface area contributed by atoms with Gasteiger partial charge in [-0.25, -0.2) is 0 Å². The SMILES string of the molecule is [O-][n+]1cnnc(-c2ccccc2)n1. The lowest BCUT2D eigenvalue weighted by molar-refractivity contribution is -0.672. The van der Waals surface area contributed by atoms with Crippen LogP contribution < -0.4 is 4.85 Å². The lowest BCUT2D eigenvalue weighted by atomic mass is 10.2. The normalized spacial score (nSPS) is 9.85. The first kappa shape index (κ1) is 7.60. The maximum Gasteiger partial charge on any atom is 0.338 e. The zero-order chi connectivity index (χ0) is 9.10. The standard InChI is InChI=1S/C8H6N4O/c13-12-6-9-10-8(11-12)7-4-2-1-3-5-7/h1-6H. The molecule has 2 aromatic rings. The van der Waals surface area contributed by atoms with Crippen molar-refractivity contribution < 1.29 is 4.85 Å². The zero-order valence-corrected chi connectivity index (χ0v) is 6.66. The summed E-state index contributed by atoms with van der Waals surface area (Å²) in [6, 6.07) is 9.21. The molecule has 0 fully saturated rings. The Hall–Kier alpha value is -2.04. The van der Waals surface area contributed by atoms with E-state index in [-0.39, 0.29) is 0 Å². The van der Waals surface area contributed by atoms with Crippen LogP contribution in [0.1, 0.15) is 0 Å². The largest absolute Gasteiger partial charge is 0.691 e. The van der Waals surface area contributed by atoms with E-state index in [9.17, 15) is 5.21 Å². The Morgan fingerprint density at radius 2 is 1.92 bits per heavy atom. The van der Waals surface area contributed by atoms with Crippen molar-refractivity contribution in [1.82, 2.24) is 15.3 Å². The molecule has 2 rings (SSSR count). The fourth-order valence-electron chi connectivity index (χ4n) is 0.967. The van der Waals surface area contributed by atoms with Crippen molar-refractivity contribution in [2.45, 2.75) is 0 Å². The minimum absolute atomic E-state index is 0.332. The minimum atomic E-state index is 0.332. The van der Waals surface area contributed by atoms with Crippen LogP contribution in [0.5, 0.6) is 0 Å². The van der Waals surface area contributed by atoms with Crippen molar-refractivity contribution >= 4 is 0 Å². The van der Waals surface area contributed by atoms with Crippen molar-refractivity contribution in [3.8, 4) is 11.4 Å². The summed E-state index contributed by atoms with van der Waals surface area (Å²) < 4.78 is 0. The van der Waals surface area contributed by atoms with E-state index in [1.165, 1.54) is 0 Å². The van der Waals surface area contributed by atoms with Gasteiger partial charge in [0.05, 0.1) is 5.10 Å². The summed E-state index contributed by atoms with van der Waals surface area (Å²) in [6.45, 7) is 0. The third-order valence-corrected chi connectivity index (χ3v) is 1.53. The minimum Gasteiger partial charge on any atom is -0.691 e. The Labute approximate surface area is 74.3 Å². The van der Waals surface area contributed by atoms with Crippen LogP contribution in [-0.2, 0) is 0 Å². The third-order valence-electron chi connectivity index (χ3n) is 1.53. The molecule has 0 saturated heterocycles. The lowest BCUT2D eigenvalue weighted by Crippen LogP contribution is -2.32. The van der Waals surface area contributed by atoms with Gasteiger partial charge in [0.25, 0.3) is 0 Å². The Morgan fingerprint density at radius 3 is 2.62 bits per heavy atom. The first-order valence-electron chi connectivity index (χ1n) is 3.71. The summed E-state index contributed by atoms with van der Waals surface area (Å²) in [4.78, 5) is 0.384. The highest BCUT2D eigenvalue weighted by molar-refractivity contribution is 5.52. The molecule has 0 N–H and O–H groups in total. The van der Waals surface area contributed by atoms with Crippen LogP contribution in [0.25, 0.3) is 11.4 Å². The van der Waals surface area contributed by atoms with Crippen LogP contribution in [0.2, 0.25) is 0 Å². The third kappa shape index (κ3) is 1.58. The molecule has 0 aliphatic carbocycles. The molecule has 64 valence electrons. The summed E-state index contributed by atoms with van der Waals surface area (Å²) in [5.41, 5.74) is 0.778. The van der Waals surface area contributed by atoms with Crippen molar-refractivity contribution in [3.05, 3.63) is 41.9 Å². The van der Waals surface area contributed by atoms with Gasteiger partial charge in [-0.3, -0.25) is 0 Å². The van der Waals surface area contributed by atoms with E-state index in [2.05, 4.69) is 15.3 Å². The highest BCUT2D eigenvalue weighted by Gasteiger charge is 2.03. The molecule has 0 radical (unpaired) electrons. The van der Waals surface area contributed by atoms with Gasteiger partial charge >= 0.3 is 6.33 Å². The van der Waals surface area contributed by atoms with Gasteiger partial charge in [0.1, 0.15) is 0 Å². The molecule has 13 heavy (non-hydrogen) atoms. The van der Waals surface area contributed by atoms with Crippen molar-refractivity contribution in [1.29, 1.82) is 0 Å². The molecule has 1 aromatic carbocycles. The van der Waals surface area contributed by atoms with E-state index in [1.807, 2.05) is 30.3 Å². The number of rotatable bonds is 1. The van der Waals surface area contributed by atoms with Crippen molar-refractivity contribution in [2.24, 2.45) is 0 Å². The number of nitrogens with zero attached hydrogens (tertiary/aromatic N) is 4. The van der Waals surface area contributed by atoms with Crippen LogP contribution in [0, 0.1) is 5.21 Å². The van der Waals surface area contributed by atoms with Gasteiger partial charge in [-0.15, -0.1) is 4.85 Å². The van der Waals surface area contributed by atoms with Crippen molar-refractivity contribution in [3.63, 3.8) is 0 Å². The maximum atomic E-state index is 10.8. The molecule has 1 heterocycles. The second-order valence-corrected chi connectivity index (χ2v) is 2.42. The van der Waals surface area contributed by atoms with Crippen LogP contribution >= 0.6 is 0 Å². The molecule has 5 heteroatoms. The zero-order valence-electron chi connectivity index (χ0n) is 6.66. The van der Waals surface area contributed by atoms with E-state index in [4.69, 9.17) is 0 Å². The second kappa shape index (κ2) is 3.14. The fraction of sp³-hybridized carbons (Fsp3) is 0. The second-order valence-electron chi connectivity index (χ2n) is 2.42. The molecule has 0 spiro atoms. The smallest absolute Gasteiger partial charge is 0.338 e. The van der Waals surface area contributed by atoms with Gasteiger partial charge in [-0.1, -0.05) is 35.4 Å². The predicted octanol–water partition coefficient (Wildman–Crippen LogP) is 0.172. The molecule has 0 amide bonds. The Kier molecular flexibility index (Phi) is 1.84. The summed E-state index contributed by atoms with van der Waals surface area (Å²) in [5, 5.41) is 21.6. The molecule has 0 unspecified atom stereocenters. The van der Waals surface area contributed by atoms with E-state index >= 15 is 0 Å². The molecule has 0 saturated carbocycles. The molecule has 0 aliphatic rings. The topological polar surface area (TPSA) is 65.6 Å². The van der Waals surface area contributed by atoms with Gasteiger partial charge in [-0.2, -0.15) is 0 Å². The molecule has 0 atom stereocenters. The first-order valence-corrected chi connectivity index (χ1v) is 3.71. The van der Waals surface area contributed by atoms with Crippen LogP contribution in [0.15, 0.2) is 36.7 Å². The number of hydrogen-bond donors (Lipinski definition) is 0. The Morgan fingerprint density at radius 1 is 1.15 bits per heavy atom. The molecular formula is C8H6N4O. The van der Waals surface area contributed by atoms with Gasteiger partial charge in [0, 0.05) is 5.56 Å². The molecule has 0 aliphatic heterocycles. The average Bonchev–Trinajstić information content (AvgIpc) is 2.19. The summed E-state index contributed by atoms with van der Waals surface area (Å²) >= 11 is 0. The maximum absolute atomic E-state index is 10.8. The number of aromatic nitrogens is 4. The first-order chi connectivity index (χ1) is 6.36. The van der Waals surface area contributed by atoms with Gasteiger partial charge in [-0.05, 0) is 5.10 Å². The van der Waals surface area contributed by atoms with E-state index in [0.29, 0.717) is 10.7 Å². The Bertz CT molecular complexity index is 404. The molecule has 1 aromatic heterocycles. The van der Waals surface area contributed by atoms with Crippen molar-refractivity contribution in [2.75, 3.05) is 0 Å². The van der Waals surface area contributed by atoms with Gasteiger partial charge in [0.15, 0.2) is 0 Å². The number of hydrogen-bond acceptors (Lipinski definition) is 4. The highest BCUT2D eigenvalue weighted by Crippen LogP contribution is 2.09. The quantitative estimate of drug-likeness (QED) is 0.456. The van der Waals surface area contributed by atoms with Crippen LogP contribution in [0.3, 0.4) is 0 Å². The van der Waals surface area contributed by atoms with E-state index in [0.717, 1.165) is 11.9 Å². The fourth-order valence-corrected chi connectivity index (χ4v) is 0.967. The predicted molar refractivity (Wildman–Crippen MR) is 44.2 cm³/mol. The van der Waals surface area contributed by atoms with Crippen LogP contribution in [-0.4, -0.2) is 15.3 Å². The van der Waals surface area contributed by atoms with E-state index in [1.54, 1.807) is 0 Å². The lowest BCUT2D eigenvalue weighted by Gasteiger charge is -1.97. The highest BCUT2D eigenvalue weighted by atomic mass is 16.5.